The van der Waals surface area contributed by atoms with E-state index in [1.54, 1.807) is 0 Å². The summed E-state index contributed by atoms with van der Waals surface area (Å²) in [6.07, 6.45) is 0. The number of carbonyl (C=O) groups excluding carboxylic acids is 1. The van der Waals surface area contributed by atoms with E-state index >= 15 is 0 Å². The molecule has 0 rings (SSSR count). The molecule has 10 heavy (non-hydrogen) atoms. The summed E-state index contributed by atoms with van der Waals surface area (Å²) in [5.74, 6) is -0.852. The summed E-state index contributed by atoms with van der Waals surface area (Å²) >= 11 is 0. The second-order valence-electron chi connectivity index (χ2n) is 1.64. The Morgan fingerprint density at radius 3 is 2.10 bits per heavy atom. The van der Waals surface area contributed by atoms with E-state index in [-0.39, 0.29) is 0 Å². The van der Waals surface area contributed by atoms with Gasteiger partial charge in [-0.15, -0.1) is 0 Å². The number of esters is 1. The average Bonchev–Trinajstić information content (AvgIpc) is 1.83. The van der Waals surface area contributed by atoms with Gasteiger partial charge in [0.05, 0.1) is 7.11 Å². The van der Waals surface area contributed by atoms with Crippen LogP contribution in [0.3, 0.4) is 0 Å². The molecule has 0 bridgehead atoms. The second-order valence-corrected chi connectivity index (χ2v) is 4.59. The summed E-state index contributed by atoms with van der Waals surface area (Å²) in [6.45, 7) is 1.16. The zero-order chi connectivity index (χ0) is 8.36. The smallest absolute Gasteiger partial charge is 0.325 e. The molecule has 1 atom stereocenters. The lowest BCUT2D eigenvalue weighted by Crippen LogP contribution is -2.24. The highest BCUT2D eigenvalue weighted by molar-refractivity contribution is 8.14. The lowest BCUT2D eigenvalue weighted by atomic mass is 10.5. The zero-order valence-corrected chi connectivity index (χ0v) is 7.07. The van der Waals surface area contributed by atoms with Crippen LogP contribution in [0.5, 0.6) is 0 Å². The van der Waals surface area contributed by atoms with Gasteiger partial charge >= 0.3 is 5.97 Å². The molecule has 0 aromatic rings. The van der Waals surface area contributed by atoms with E-state index in [2.05, 4.69) is 4.74 Å². The van der Waals surface area contributed by atoms with Crippen LogP contribution in [0.1, 0.15) is 6.92 Å². The van der Waals surface area contributed by atoms with Gasteiger partial charge in [-0.2, -0.15) is 0 Å². The monoisotopic (exact) mass is 186 g/mol. The molecule has 60 valence electrons. The first-order valence-electron chi connectivity index (χ1n) is 2.41. The van der Waals surface area contributed by atoms with Crippen LogP contribution < -0.4 is 0 Å². The van der Waals surface area contributed by atoms with Gasteiger partial charge in [0, 0.05) is 10.7 Å². The minimum Gasteiger partial charge on any atom is -0.468 e. The van der Waals surface area contributed by atoms with Crippen LogP contribution >= 0.6 is 10.7 Å². The van der Waals surface area contributed by atoms with Gasteiger partial charge in [-0.1, -0.05) is 0 Å². The quantitative estimate of drug-likeness (QED) is 0.454. The van der Waals surface area contributed by atoms with Crippen molar-refractivity contribution in [1.82, 2.24) is 0 Å². The third kappa shape index (κ3) is 2.53. The standard InChI is InChI=1S/C4H7ClO4S/c1-3(4(6)9-2)10(5,7)8/h3H,1-2H3/t3-/m0/s1. The van der Waals surface area contributed by atoms with Crippen LogP contribution in [0.2, 0.25) is 0 Å². The highest BCUT2D eigenvalue weighted by atomic mass is 35.7. The van der Waals surface area contributed by atoms with Crippen molar-refractivity contribution in [3.05, 3.63) is 0 Å². The van der Waals surface area contributed by atoms with Crippen molar-refractivity contribution in [1.29, 1.82) is 0 Å². The summed E-state index contributed by atoms with van der Waals surface area (Å²) in [5, 5.41) is -1.29. The molecular formula is C4H7ClO4S. The Bertz CT molecular complexity index is 219. The lowest BCUT2D eigenvalue weighted by molar-refractivity contribution is -0.139. The summed E-state index contributed by atoms with van der Waals surface area (Å²) in [5.41, 5.74) is 0. The van der Waals surface area contributed by atoms with E-state index in [9.17, 15) is 13.2 Å². The second kappa shape index (κ2) is 3.21. The number of halogens is 1. The van der Waals surface area contributed by atoms with Gasteiger partial charge in [-0.05, 0) is 6.92 Å². The van der Waals surface area contributed by atoms with Crippen molar-refractivity contribution >= 4 is 25.7 Å². The molecule has 0 aromatic heterocycles. The van der Waals surface area contributed by atoms with Gasteiger partial charge in [0.2, 0.25) is 9.05 Å². The third-order valence-corrected chi connectivity index (χ3v) is 2.79. The molecule has 0 unspecified atom stereocenters. The molecule has 0 heterocycles. The van der Waals surface area contributed by atoms with Crippen molar-refractivity contribution in [2.45, 2.75) is 12.2 Å². The first-order valence-corrected chi connectivity index (χ1v) is 4.78. The molecule has 0 spiro atoms. The minimum absolute atomic E-state index is 0.852. The maximum absolute atomic E-state index is 10.5. The Labute approximate surface area is 63.5 Å². The van der Waals surface area contributed by atoms with Crippen molar-refractivity contribution in [3.63, 3.8) is 0 Å². The molecule has 0 N–H and O–H groups in total. The number of hydrogen-bond donors (Lipinski definition) is 0. The molecule has 0 amide bonds. The van der Waals surface area contributed by atoms with Gasteiger partial charge < -0.3 is 4.74 Å². The highest BCUT2D eigenvalue weighted by Gasteiger charge is 2.26. The van der Waals surface area contributed by atoms with E-state index in [0.717, 1.165) is 14.0 Å². The van der Waals surface area contributed by atoms with Gasteiger partial charge in [0.1, 0.15) is 0 Å². The molecule has 0 aromatic carbocycles. The molecule has 0 saturated heterocycles. The Kier molecular flexibility index (Phi) is 3.11. The number of rotatable bonds is 2. The zero-order valence-electron chi connectivity index (χ0n) is 5.50. The molecule has 0 aliphatic rings. The fraction of sp³-hybridized carbons (Fsp3) is 0.750. The predicted octanol–water partition coefficient (Wildman–Crippen LogP) is 0.116. The average molecular weight is 187 g/mol. The van der Waals surface area contributed by atoms with Crippen LogP contribution in [0.4, 0.5) is 0 Å². The van der Waals surface area contributed by atoms with Crippen molar-refractivity contribution in [3.8, 4) is 0 Å². The van der Waals surface area contributed by atoms with Crippen LogP contribution in [0.25, 0.3) is 0 Å². The van der Waals surface area contributed by atoms with Gasteiger partial charge in [-0.3, -0.25) is 4.79 Å². The minimum atomic E-state index is -3.82. The summed E-state index contributed by atoms with van der Waals surface area (Å²) < 4.78 is 24.9. The Morgan fingerprint density at radius 1 is 1.60 bits per heavy atom. The van der Waals surface area contributed by atoms with Gasteiger partial charge in [0.15, 0.2) is 5.25 Å². The summed E-state index contributed by atoms with van der Waals surface area (Å²) in [4.78, 5) is 10.5. The van der Waals surface area contributed by atoms with E-state index in [0.29, 0.717) is 0 Å². The molecule has 0 aliphatic heterocycles. The lowest BCUT2D eigenvalue weighted by Gasteiger charge is -2.02. The fourth-order valence-corrected chi connectivity index (χ4v) is 0.825. The van der Waals surface area contributed by atoms with Gasteiger partial charge in [0.25, 0.3) is 0 Å². The largest absolute Gasteiger partial charge is 0.468 e. The first-order chi connectivity index (χ1) is 4.39. The van der Waals surface area contributed by atoms with Crippen molar-refractivity contribution in [2.75, 3.05) is 7.11 Å². The Balaban J connectivity index is 4.39. The molecule has 0 radical (unpaired) electrons. The van der Waals surface area contributed by atoms with E-state index in [1.807, 2.05) is 0 Å². The number of methoxy groups -OCH3 is 1. The highest BCUT2D eigenvalue weighted by Crippen LogP contribution is 2.07. The molecular weight excluding hydrogens is 180 g/mol. The van der Waals surface area contributed by atoms with E-state index < -0.39 is 20.3 Å². The topological polar surface area (TPSA) is 60.4 Å². The van der Waals surface area contributed by atoms with Crippen molar-refractivity contribution < 1.29 is 17.9 Å². The van der Waals surface area contributed by atoms with Crippen LogP contribution in [-0.4, -0.2) is 26.7 Å². The summed E-state index contributed by atoms with van der Waals surface area (Å²) in [6, 6.07) is 0. The fourth-order valence-electron chi connectivity index (χ4n) is 0.281. The molecule has 6 heteroatoms. The molecule has 0 saturated carbocycles. The normalized spacial score (nSPS) is 14.3. The predicted molar refractivity (Wildman–Crippen MR) is 36.3 cm³/mol. The number of hydrogen-bond acceptors (Lipinski definition) is 4. The maximum atomic E-state index is 10.5. The summed E-state index contributed by atoms with van der Waals surface area (Å²) in [7, 11) is 2.11. The van der Waals surface area contributed by atoms with Crippen molar-refractivity contribution in [2.24, 2.45) is 0 Å². The van der Waals surface area contributed by atoms with Crippen LogP contribution in [0.15, 0.2) is 0 Å². The Hall–Kier alpha value is -0.290. The Morgan fingerprint density at radius 2 is 2.00 bits per heavy atom. The third-order valence-electron chi connectivity index (χ3n) is 0.955. The SMILES string of the molecule is COC(=O)[C@H](C)S(=O)(=O)Cl. The van der Waals surface area contributed by atoms with E-state index in [4.69, 9.17) is 10.7 Å². The number of ether oxygens (including phenoxy) is 1. The molecule has 4 nitrogen and oxygen atoms in total. The molecule has 0 fully saturated rings. The molecule has 0 aliphatic carbocycles. The number of carbonyl (C=O) groups is 1. The van der Waals surface area contributed by atoms with E-state index in [1.165, 1.54) is 0 Å². The maximum Gasteiger partial charge on any atom is 0.325 e. The first kappa shape index (κ1) is 9.71. The van der Waals surface area contributed by atoms with Crippen LogP contribution in [0, 0.1) is 0 Å². The van der Waals surface area contributed by atoms with Crippen LogP contribution in [-0.2, 0) is 18.6 Å². The van der Waals surface area contributed by atoms with Gasteiger partial charge in [-0.25, -0.2) is 8.42 Å².